The minimum atomic E-state index is 0.0910. The fraction of sp³-hybridized carbons (Fsp3) is 0.480. The van der Waals surface area contributed by atoms with Crippen molar-refractivity contribution in [2.75, 3.05) is 26.3 Å². The van der Waals surface area contributed by atoms with Crippen molar-refractivity contribution in [2.24, 2.45) is 5.92 Å². The molecule has 3 rings (SSSR count). The van der Waals surface area contributed by atoms with Crippen LogP contribution in [-0.2, 0) is 17.9 Å². The number of hydrogen-bond acceptors (Lipinski definition) is 4. The van der Waals surface area contributed by atoms with Crippen LogP contribution in [0.2, 0.25) is 0 Å². The van der Waals surface area contributed by atoms with Crippen LogP contribution in [0.15, 0.2) is 42.5 Å². The molecule has 1 N–H and O–H groups in total. The molecule has 1 aliphatic rings. The highest BCUT2D eigenvalue weighted by Crippen LogP contribution is 2.28. The molecule has 1 saturated heterocycles. The zero-order valence-electron chi connectivity index (χ0n) is 18.4. The summed E-state index contributed by atoms with van der Waals surface area (Å²) < 4.78 is 11.3. The molecular formula is C25H34N2O3. The summed E-state index contributed by atoms with van der Waals surface area (Å²) >= 11 is 0. The number of nitrogens with one attached hydrogen (secondary N) is 1. The maximum atomic E-state index is 12.7. The third kappa shape index (κ3) is 6.23. The Morgan fingerprint density at radius 2 is 1.60 bits per heavy atom. The topological polar surface area (TPSA) is 50.8 Å². The van der Waals surface area contributed by atoms with Gasteiger partial charge in [-0.25, -0.2) is 0 Å². The van der Waals surface area contributed by atoms with E-state index in [-0.39, 0.29) is 11.8 Å². The molecule has 0 radical (unpaired) electrons. The first kappa shape index (κ1) is 22.2. The first-order valence-corrected chi connectivity index (χ1v) is 11.0. The third-order valence-corrected chi connectivity index (χ3v) is 5.56. The van der Waals surface area contributed by atoms with Crippen molar-refractivity contribution in [3.8, 4) is 11.5 Å². The van der Waals surface area contributed by atoms with Gasteiger partial charge in [-0.3, -0.25) is 9.69 Å². The number of carbonyl (C=O) groups excluding carboxylic acids is 1. The highest BCUT2D eigenvalue weighted by atomic mass is 16.5. The van der Waals surface area contributed by atoms with Crippen LogP contribution in [-0.4, -0.2) is 37.1 Å². The lowest BCUT2D eigenvalue weighted by atomic mass is 9.95. The smallest absolute Gasteiger partial charge is 0.223 e. The fourth-order valence-corrected chi connectivity index (χ4v) is 3.84. The number of likely N-dealkylation sites (tertiary alicyclic amines) is 1. The number of ether oxygens (including phenoxy) is 2. The average molecular weight is 411 g/mol. The summed E-state index contributed by atoms with van der Waals surface area (Å²) in [4.78, 5) is 15.1. The lowest BCUT2D eigenvalue weighted by Crippen LogP contribution is -2.40. The largest absolute Gasteiger partial charge is 0.490 e. The number of aryl methyl sites for hydroxylation is 1. The standard InChI is InChI=1S/C25H34N2O3/c1-4-29-23-11-10-21(16-24(23)30-5-2)17-26-25(28)22-12-14-27(15-13-22)18-20-8-6-19(3)7-9-20/h6-11,16,22H,4-5,12-15,17-18H2,1-3H3,(H,26,28). The van der Waals surface area contributed by atoms with E-state index in [2.05, 4.69) is 41.4 Å². The summed E-state index contributed by atoms with van der Waals surface area (Å²) in [6.07, 6.45) is 1.82. The average Bonchev–Trinajstić information content (AvgIpc) is 2.76. The molecule has 1 aliphatic heterocycles. The first-order chi connectivity index (χ1) is 14.6. The predicted octanol–water partition coefficient (Wildman–Crippen LogP) is 4.32. The minimum Gasteiger partial charge on any atom is -0.490 e. The zero-order chi connectivity index (χ0) is 21.3. The molecule has 2 aromatic rings. The van der Waals surface area contributed by atoms with Gasteiger partial charge in [-0.2, -0.15) is 0 Å². The Hall–Kier alpha value is -2.53. The molecule has 5 nitrogen and oxygen atoms in total. The van der Waals surface area contributed by atoms with E-state index in [1.54, 1.807) is 0 Å². The van der Waals surface area contributed by atoms with Crippen molar-refractivity contribution >= 4 is 5.91 Å². The van der Waals surface area contributed by atoms with Gasteiger partial charge in [0.25, 0.3) is 0 Å². The summed E-state index contributed by atoms with van der Waals surface area (Å²) in [5.41, 5.74) is 3.64. The molecule has 1 fully saturated rings. The molecule has 1 heterocycles. The van der Waals surface area contributed by atoms with E-state index in [9.17, 15) is 4.79 Å². The number of piperidine rings is 1. The van der Waals surface area contributed by atoms with Crippen LogP contribution in [0.1, 0.15) is 43.4 Å². The number of rotatable bonds is 9. The van der Waals surface area contributed by atoms with Crippen LogP contribution in [0.3, 0.4) is 0 Å². The highest BCUT2D eigenvalue weighted by molar-refractivity contribution is 5.78. The van der Waals surface area contributed by atoms with Gasteiger partial charge in [-0.1, -0.05) is 35.9 Å². The van der Waals surface area contributed by atoms with E-state index in [0.29, 0.717) is 19.8 Å². The highest BCUT2D eigenvalue weighted by Gasteiger charge is 2.24. The van der Waals surface area contributed by atoms with Crippen LogP contribution in [0.25, 0.3) is 0 Å². The Kier molecular flexibility index (Phi) is 8.14. The summed E-state index contributed by atoms with van der Waals surface area (Å²) in [6.45, 7) is 10.6. The Morgan fingerprint density at radius 1 is 0.967 bits per heavy atom. The summed E-state index contributed by atoms with van der Waals surface area (Å²) in [6, 6.07) is 14.6. The fourth-order valence-electron chi connectivity index (χ4n) is 3.84. The lowest BCUT2D eigenvalue weighted by Gasteiger charge is -2.31. The van der Waals surface area contributed by atoms with Crippen molar-refractivity contribution in [1.29, 1.82) is 0 Å². The van der Waals surface area contributed by atoms with Crippen molar-refractivity contribution in [3.63, 3.8) is 0 Å². The molecule has 0 unspecified atom stereocenters. The number of carbonyl (C=O) groups is 1. The van der Waals surface area contributed by atoms with Crippen LogP contribution in [0, 0.1) is 12.8 Å². The van der Waals surface area contributed by atoms with Crippen molar-refractivity contribution in [1.82, 2.24) is 10.2 Å². The molecule has 162 valence electrons. The van der Waals surface area contributed by atoms with E-state index >= 15 is 0 Å². The van der Waals surface area contributed by atoms with E-state index < -0.39 is 0 Å². The Labute approximate surface area is 180 Å². The van der Waals surface area contributed by atoms with Gasteiger partial charge in [-0.05, 0) is 70.0 Å². The van der Waals surface area contributed by atoms with Gasteiger partial charge in [0.2, 0.25) is 5.91 Å². The Bertz CT molecular complexity index is 812. The molecule has 5 heteroatoms. The van der Waals surface area contributed by atoms with Gasteiger partial charge in [-0.15, -0.1) is 0 Å². The van der Waals surface area contributed by atoms with Crippen LogP contribution < -0.4 is 14.8 Å². The van der Waals surface area contributed by atoms with Crippen molar-refractivity contribution < 1.29 is 14.3 Å². The summed E-state index contributed by atoms with van der Waals surface area (Å²) in [5, 5.41) is 3.11. The molecule has 0 bridgehead atoms. The summed E-state index contributed by atoms with van der Waals surface area (Å²) in [5.74, 6) is 1.72. The molecule has 0 aliphatic carbocycles. The maximum Gasteiger partial charge on any atom is 0.223 e. The number of benzene rings is 2. The molecular weight excluding hydrogens is 376 g/mol. The monoisotopic (exact) mass is 410 g/mol. The molecule has 30 heavy (non-hydrogen) atoms. The first-order valence-electron chi connectivity index (χ1n) is 11.0. The lowest BCUT2D eigenvalue weighted by molar-refractivity contribution is -0.126. The van der Waals surface area contributed by atoms with E-state index in [1.165, 1.54) is 11.1 Å². The maximum absolute atomic E-state index is 12.7. The molecule has 2 aromatic carbocycles. The third-order valence-electron chi connectivity index (χ3n) is 5.56. The number of hydrogen-bond donors (Lipinski definition) is 1. The van der Waals surface area contributed by atoms with Crippen molar-refractivity contribution in [2.45, 2.75) is 46.7 Å². The van der Waals surface area contributed by atoms with Crippen LogP contribution >= 0.6 is 0 Å². The quantitative estimate of drug-likeness (QED) is 0.669. The Balaban J connectivity index is 1.46. The van der Waals surface area contributed by atoms with Crippen molar-refractivity contribution in [3.05, 3.63) is 59.2 Å². The van der Waals surface area contributed by atoms with Gasteiger partial charge >= 0.3 is 0 Å². The second kappa shape index (κ2) is 11.0. The van der Waals surface area contributed by atoms with Crippen LogP contribution in [0.4, 0.5) is 0 Å². The van der Waals surface area contributed by atoms with Gasteiger partial charge in [0.1, 0.15) is 0 Å². The zero-order valence-corrected chi connectivity index (χ0v) is 18.4. The molecule has 0 saturated carbocycles. The SMILES string of the molecule is CCOc1ccc(CNC(=O)C2CCN(Cc3ccc(C)cc3)CC2)cc1OCC. The summed E-state index contributed by atoms with van der Waals surface area (Å²) in [7, 11) is 0. The number of amides is 1. The molecule has 0 aromatic heterocycles. The van der Waals surface area contributed by atoms with Gasteiger partial charge in [0, 0.05) is 19.0 Å². The van der Waals surface area contributed by atoms with E-state index in [1.807, 2.05) is 32.0 Å². The van der Waals surface area contributed by atoms with Gasteiger partial charge in [0.15, 0.2) is 11.5 Å². The second-order valence-corrected chi connectivity index (χ2v) is 7.90. The minimum absolute atomic E-state index is 0.0910. The Morgan fingerprint density at radius 3 is 2.27 bits per heavy atom. The molecule has 1 amide bonds. The molecule has 0 spiro atoms. The van der Waals surface area contributed by atoms with E-state index in [0.717, 1.165) is 49.5 Å². The van der Waals surface area contributed by atoms with E-state index in [4.69, 9.17) is 9.47 Å². The number of nitrogens with zero attached hydrogens (tertiary/aromatic N) is 1. The van der Waals surface area contributed by atoms with Gasteiger partial charge < -0.3 is 14.8 Å². The van der Waals surface area contributed by atoms with Gasteiger partial charge in [0.05, 0.1) is 13.2 Å². The molecule has 0 atom stereocenters. The second-order valence-electron chi connectivity index (χ2n) is 7.90. The normalized spacial score (nSPS) is 15.0. The predicted molar refractivity (Wildman–Crippen MR) is 120 cm³/mol. The van der Waals surface area contributed by atoms with Crippen LogP contribution in [0.5, 0.6) is 11.5 Å².